The van der Waals surface area contributed by atoms with Crippen molar-refractivity contribution in [3.63, 3.8) is 0 Å². The Morgan fingerprint density at radius 3 is 2.19 bits per heavy atom. The summed E-state index contributed by atoms with van der Waals surface area (Å²) in [5.41, 5.74) is -4.13. The first kappa shape index (κ1) is 18.8. The van der Waals surface area contributed by atoms with E-state index in [0.29, 0.717) is 24.8 Å². The minimum Gasteiger partial charge on any atom is -0.392 e. The second-order valence-corrected chi connectivity index (χ2v) is 10.2. The maximum atomic E-state index is 11.6. The van der Waals surface area contributed by atoms with Gasteiger partial charge in [0.05, 0.1) is 30.0 Å². The topological polar surface area (TPSA) is 121 Å². The molecule has 148 valence electrons. The highest BCUT2D eigenvalue weighted by Crippen LogP contribution is 2.68. The molecule has 0 saturated heterocycles. The minimum absolute atomic E-state index is 0.111. The van der Waals surface area contributed by atoms with E-state index in [1.54, 1.807) is 20.8 Å². The summed E-state index contributed by atoms with van der Waals surface area (Å²) in [4.78, 5) is 0. The number of aliphatic hydroxyl groups is 6. The predicted octanol–water partition coefficient (Wildman–Crippen LogP) is -0.0557. The van der Waals surface area contributed by atoms with Crippen LogP contribution in [-0.2, 0) is 0 Å². The molecule has 1 spiro atoms. The largest absolute Gasteiger partial charge is 0.392 e. The highest BCUT2D eigenvalue weighted by molar-refractivity contribution is 5.33. The van der Waals surface area contributed by atoms with Crippen LogP contribution >= 0.6 is 0 Å². The molecule has 0 amide bonds. The van der Waals surface area contributed by atoms with Gasteiger partial charge in [0.1, 0.15) is 5.60 Å². The van der Waals surface area contributed by atoms with Crippen molar-refractivity contribution in [1.29, 1.82) is 0 Å². The molecule has 0 radical (unpaired) electrons. The molecule has 4 fully saturated rings. The molecule has 0 aromatic carbocycles. The van der Waals surface area contributed by atoms with Crippen molar-refractivity contribution in [2.75, 3.05) is 0 Å². The van der Waals surface area contributed by atoms with E-state index in [2.05, 4.69) is 6.58 Å². The van der Waals surface area contributed by atoms with Crippen molar-refractivity contribution in [2.45, 2.75) is 82.1 Å². The maximum absolute atomic E-state index is 11.6. The minimum atomic E-state index is -1.75. The van der Waals surface area contributed by atoms with Crippen LogP contribution in [0.2, 0.25) is 0 Å². The quantitative estimate of drug-likeness (QED) is 0.333. The van der Waals surface area contributed by atoms with Gasteiger partial charge in [-0.25, -0.2) is 0 Å². The van der Waals surface area contributed by atoms with Crippen LogP contribution in [0.4, 0.5) is 0 Å². The monoisotopic (exact) mass is 368 g/mol. The molecule has 26 heavy (non-hydrogen) atoms. The first-order chi connectivity index (χ1) is 11.8. The van der Waals surface area contributed by atoms with E-state index in [1.807, 2.05) is 0 Å². The number of fused-ring (bicyclic) bond motifs is 2. The fourth-order valence-corrected chi connectivity index (χ4v) is 7.34. The van der Waals surface area contributed by atoms with E-state index in [4.69, 9.17) is 0 Å². The fourth-order valence-electron chi connectivity index (χ4n) is 7.34. The molecule has 0 aliphatic heterocycles. The standard InChI is InChI=1S/C20H32O6/c1-9-10-5-6-11-15(23)19(10,8-18(11,4)25)7-12(21)20(26)13(9)14(22)16(24)17(20,2)3/h10-16,21-26H,1,5-8H2,2-4H3/t10-,11?,12-,13+,14-,15-,16-,18+,19?,20+/m0/s1. The van der Waals surface area contributed by atoms with Gasteiger partial charge in [0.25, 0.3) is 0 Å². The smallest absolute Gasteiger partial charge is 0.107 e. The molecule has 6 heteroatoms. The van der Waals surface area contributed by atoms with Gasteiger partial charge in [-0.1, -0.05) is 26.0 Å². The molecule has 6 N–H and O–H groups in total. The van der Waals surface area contributed by atoms with Crippen LogP contribution in [0.25, 0.3) is 0 Å². The van der Waals surface area contributed by atoms with Crippen molar-refractivity contribution in [3.8, 4) is 0 Å². The van der Waals surface area contributed by atoms with E-state index in [1.165, 1.54) is 0 Å². The van der Waals surface area contributed by atoms with Crippen molar-refractivity contribution in [2.24, 2.45) is 28.6 Å². The molecule has 0 aromatic rings. The normalized spacial score (nSPS) is 61.1. The number of rotatable bonds is 0. The molecule has 6 nitrogen and oxygen atoms in total. The van der Waals surface area contributed by atoms with E-state index in [9.17, 15) is 30.6 Å². The first-order valence-electron chi connectivity index (χ1n) is 9.68. The van der Waals surface area contributed by atoms with E-state index >= 15 is 0 Å². The van der Waals surface area contributed by atoms with Gasteiger partial charge in [-0.05, 0) is 38.5 Å². The van der Waals surface area contributed by atoms with E-state index < -0.39 is 52.4 Å². The summed E-state index contributed by atoms with van der Waals surface area (Å²) < 4.78 is 0. The van der Waals surface area contributed by atoms with E-state index in [-0.39, 0.29) is 18.3 Å². The molecule has 10 atom stereocenters. The molecule has 4 aliphatic carbocycles. The van der Waals surface area contributed by atoms with Gasteiger partial charge in [-0.2, -0.15) is 0 Å². The Balaban J connectivity index is 1.88. The third-order valence-corrected chi connectivity index (χ3v) is 8.76. The van der Waals surface area contributed by atoms with Gasteiger partial charge in [0.15, 0.2) is 0 Å². The van der Waals surface area contributed by atoms with Gasteiger partial charge in [0.2, 0.25) is 0 Å². The average molecular weight is 368 g/mol. The van der Waals surface area contributed by atoms with Gasteiger partial charge >= 0.3 is 0 Å². The van der Waals surface area contributed by atoms with E-state index in [0.717, 1.165) is 0 Å². The maximum Gasteiger partial charge on any atom is 0.107 e. The van der Waals surface area contributed by atoms with Gasteiger partial charge in [-0.3, -0.25) is 0 Å². The highest BCUT2D eigenvalue weighted by Gasteiger charge is 2.74. The molecule has 0 heterocycles. The summed E-state index contributed by atoms with van der Waals surface area (Å²) in [6, 6.07) is 0. The Bertz CT molecular complexity index is 644. The van der Waals surface area contributed by atoms with Crippen LogP contribution in [-0.4, -0.2) is 66.3 Å². The third kappa shape index (κ3) is 1.84. The summed E-state index contributed by atoms with van der Waals surface area (Å²) in [6.45, 7) is 9.22. The zero-order valence-electron chi connectivity index (χ0n) is 15.8. The Morgan fingerprint density at radius 2 is 1.58 bits per heavy atom. The van der Waals surface area contributed by atoms with Crippen molar-refractivity contribution in [1.82, 2.24) is 0 Å². The predicted molar refractivity (Wildman–Crippen MR) is 93.9 cm³/mol. The molecule has 2 bridgehead atoms. The average Bonchev–Trinajstić information content (AvgIpc) is 2.70. The SMILES string of the molecule is C=C1[C@@H]2[C@H](O)[C@H](O)C(C)(C)[C@@]2(O)[C@@H](O)CC23C[C@@](C)(O)C(CC[C@@H]12)[C@@H]3O. The van der Waals surface area contributed by atoms with Crippen molar-refractivity contribution in [3.05, 3.63) is 12.2 Å². The van der Waals surface area contributed by atoms with Gasteiger partial charge < -0.3 is 30.6 Å². The lowest BCUT2D eigenvalue weighted by atomic mass is 9.61. The zero-order chi connectivity index (χ0) is 19.4. The second kappa shape index (κ2) is 5.10. The number of hydrogen-bond donors (Lipinski definition) is 6. The zero-order valence-corrected chi connectivity index (χ0v) is 15.8. The van der Waals surface area contributed by atoms with Crippen LogP contribution in [0.3, 0.4) is 0 Å². The molecule has 4 rings (SSSR count). The highest BCUT2D eigenvalue weighted by atomic mass is 16.4. The summed E-state index contributed by atoms with van der Waals surface area (Å²) in [7, 11) is 0. The van der Waals surface area contributed by atoms with Gasteiger partial charge in [-0.15, -0.1) is 0 Å². The second-order valence-electron chi connectivity index (χ2n) is 10.2. The van der Waals surface area contributed by atoms with Crippen LogP contribution in [0.5, 0.6) is 0 Å². The Labute approximate surface area is 154 Å². The summed E-state index contributed by atoms with van der Waals surface area (Å²) in [6.07, 6.45) is -2.72. The van der Waals surface area contributed by atoms with Crippen LogP contribution in [0.15, 0.2) is 12.2 Å². The van der Waals surface area contributed by atoms with Crippen LogP contribution in [0, 0.1) is 28.6 Å². The summed E-state index contributed by atoms with van der Waals surface area (Å²) in [5.74, 6) is -1.37. The molecule has 4 saturated carbocycles. The number of aliphatic hydroxyl groups excluding tert-OH is 4. The Morgan fingerprint density at radius 1 is 0.962 bits per heavy atom. The lowest BCUT2D eigenvalue weighted by Gasteiger charge is -2.46. The molecular weight excluding hydrogens is 336 g/mol. The molecule has 4 aliphatic rings. The van der Waals surface area contributed by atoms with Gasteiger partial charge in [0, 0.05) is 22.7 Å². The molecule has 2 unspecified atom stereocenters. The first-order valence-corrected chi connectivity index (χ1v) is 9.68. The lowest BCUT2D eigenvalue weighted by molar-refractivity contribution is -0.174. The van der Waals surface area contributed by atoms with Crippen LogP contribution in [0.1, 0.15) is 46.5 Å². The molecule has 0 aromatic heterocycles. The fraction of sp³-hybridized carbons (Fsp3) is 0.900. The Kier molecular flexibility index (Phi) is 3.70. The summed E-state index contributed by atoms with van der Waals surface area (Å²) in [5, 5.41) is 66.0. The summed E-state index contributed by atoms with van der Waals surface area (Å²) >= 11 is 0. The number of hydrogen-bond acceptors (Lipinski definition) is 6. The Hall–Kier alpha value is -0.500. The lowest BCUT2D eigenvalue weighted by Crippen LogP contribution is -2.57. The van der Waals surface area contributed by atoms with Crippen LogP contribution < -0.4 is 0 Å². The third-order valence-electron chi connectivity index (χ3n) is 8.76. The van der Waals surface area contributed by atoms with Crippen molar-refractivity contribution >= 4 is 0 Å². The molecular formula is C20H32O6. The van der Waals surface area contributed by atoms with Crippen molar-refractivity contribution < 1.29 is 30.6 Å².